The zero-order valence-electron chi connectivity index (χ0n) is 12.2. The average molecular weight is 328 g/mol. The van der Waals surface area contributed by atoms with Crippen LogP contribution in [-0.2, 0) is 6.54 Å². The van der Waals surface area contributed by atoms with Gasteiger partial charge in [0.15, 0.2) is 0 Å². The van der Waals surface area contributed by atoms with Crippen molar-refractivity contribution in [2.24, 2.45) is 5.92 Å². The van der Waals surface area contributed by atoms with Crippen molar-refractivity contribution in [3.8, 4) is 0 Å². The zero-order chi connectivity index (χ0) is 13.7. The second kappa shape index (κ2) is 7.44. The van der Waals surface area contributed by atoms with E-state index in [9.17, 15) is 0 Å². The monoisotopic (exact) mass is 327 g/mol. The second-order valence-corrected chi connectivity index (χ2v) is 6.56. The number of hydrogen-bond donors (Lipinski definition) is 0. The lowest BCUT2D eigenvalue weighted by Gasteiger charge is -2.31. The summed E-state index contributed by atoms with van der Waals surface area (Å²) in [5, 5.41) is 5.84. The molecule has 4 heteroatoms. The minimum Gasteiger partial charge on any atom is -0.297 e. The summed E-state index contributed by atoms with van der Waals surface area (Å²) in [6.45, 7) is 7.92. The first-order valence-corrected chi connectivity index (χ1v) is 8.67. The molecule has 2 unspecified atom stereocenters. The molecule has 0 saturated carbocycles. The van der Waals surface area contributed by atoms with Crippen LogP contribution in [0.2, 0.25) is 0 Å². The summed E-state index contributed by atoms with van der Waals surface area (Å²) < 4.78 is 2.11. The lowest BCUT2D eigenvalue weighted by molar-refractivity contribution is 0.163. The van der Waals surface area contributed by atoms with Crippen molar-refractivity contribution in [2.75, 3.05) is 18.4 Å². The summed E-state index contributed by atoms with van der Waals surface area (Å²) in [4.78, 5) is 2.57. The van der Waals surface area contributed by atoms with Crippen LogP contribution in [0, 0.1) is 5.92 Å². The highest BCUT2D eigenvalue weighted by molar-refractivity contribution is 9.09. The first kappa shape index (κ1) is 15.0. The number of nitrogens with zero attached hydrogens (tertiary/aromatic N) is 3. The Morgan fingerprint density at radius 2 is 2.37 bits per heavy atom. The van der Waals surface area contributed by atoms with Gasteiger partial charge in [0.2, 0.25) is 0 Å². The molecular weight excluding hydrogens is 302 g/mol. The number of hydrogen-bond acceptors (Lipinski definition) is 2. The molecule has 19 heavy (non-hydrogen) atoms. The lowest BCUT2D eigenvalue weighted by Crippen LogP contribution is -2.35. The predicted molar refractivity (Wildman–Crippen MR) is 83.6 cm³/mol. The van der Waals surface area contributed by atoms with Crippen molar-refractivity contribution in [1.82, 2.24) is 14.7 Å². The molecule has 1 aromatic rings. The Bertz CT molecular complexity index is 375. The molecule has 0 spiro atoms. The standard InChI is InChI=1S/C15H26BrN3/c1-3-13(2)19-10-7-15(17-19)12-18-9-4-5-14(11-18)6-8-16/h7,10,13-14H,3-6,8-9,11-12H2,1-2H3. The fourth-order valence-electron chi connectivity index (χ4n) is 2.81. The second-order valence-electron chi connectivity index (χ2n) is 5.77. The third kappa shape index (κ3) is 4.32. The Morgan fingerprint density at radius 1 is 1.53 bits per heavy atom. The van der Waals surface area contributed by atoms with Crippen LogP contribution in [0.15, 0.2) is 12.3 Å². The van der Waals surface area contributed by atoms with Crippen LogP contribution >= 0.6 is 15.9 Å². The summed E-state index contributed by atoms with van der Waals surface area (Å²) in [6, 6.07) is 2.69. The lowest BCUT2D eigenvalue weighted by atomic mass is 9.95. The van der Waals surface area contributed by atoms with Crippen LogP contribution in [0.4, 0.5) is 0 Å². The Kier molecular flexibility index (Phi) is 5.89. The quantitative estimate of drug-likeness (QED) is 0.740. The minimum atomic E-state index is 0.510. The molecule has 2 atom stereocenters. The van der Waals surface area contributed by atoms with Crippen molar-refractivity contribution in [3.63, 3.8) is 0 Å². The molecule has 0 aliphatic carbocycles. The smallest absolute Gasteiger partial charge is 0.0764 e. The topological polar surface area (TPSA) is 21.1 Å². The number of halogens is 1. The van der Waals surface area contributed by atoms with Gasteiger partial charge in [0, 0.05) is 30.7 Å². The van der Waals surface area contributed by atoms with Gasteiger partial charge in [-0.05, 0) is 51.1 Å². The first-order chi connectivity index (χ1) is 9.22. The molecule has 1 aliphatic heterocycles. The van der Waals surface area contributed by atoms with E-state index in [-0.39, 0.29) is 0 Å². The van der Waals surface area contributed by atoms with E-state index >= 15 is 0 Å². The van der Waals surface area contributed by atoms with E-state index in [4.69, 9.17) is 5.10 Å². The van der Waals surface area contributed by atoms with Crippen LogP contribution in [0.1, 0.15) is 51.3 Å². The van der Waals surface area contributed by atoms with E-state index in [1.165, 1.54) is 38.0 Å². The van der Waals surface area contributed by atoms with Gasteiger partial charge < -0.3 is 0 Å². The van der Waals surface area contributed by atoms with Gasteiger partial charge in [-0.2, -0.15) is 5.10 Å². The molecule has 0 aromatic carbocycles. The van der Waals surface area contributed by atoms with Crippen molar-refractivity contribution in [1.29, 1.82) is 0 Å². The molecule has 0 radical (unpaired) electrons. The summed E-state index contributed by atoms with van der Waals surface area (Å²) in [5.74, 6) is 0.866. The first-order valence-electron chi connectivity index (χ1n) is 7.55. The van der Waals surface area contributed by atoms with Crippen molar-refractivity contribution in [3.05, 3.63) is 18.0 Å². The molecule has 1 aromatic heterocycles. The molecule has 108 valence electrons. The van der Waals surface area contributed by atoms with Crippen LogP contribution in [-0.4, -0.2) is 33.1 Å². The number of alkyl halides is 1. The van der Waals surface area contributed by atoms with Gasteiger partial charge in [0.25, 0.3) is 0 Å². The molecule has 2 heterocycles. The summed E-state index contributed by atoms with van der Waals surface area (Å²) in [5.41, 5.74) is 1.22. The molecule has 1 saturated heterocycles. The van der Waals surface area contributed by atoms with Gasteiger partial charge in [-0.3, -0.25) is 9.58 Å². The zero-order valence-corrected chi connectivity index (χ0v) is 13.8. The van der Waals surface area contributed by atoms with E-state index in [2.05, 4.69) is 51.6 Å². The van der Waals surface area contributed by atoms with E-state index < -0.39 is 0 Å². The molecule has 1 fully saturated rings. The Balaban J connectivity index is 1.88. The Hall–Kier alpha value is -0.350. The minimum absolute atomic E-state index is 0.510. The number of likely N-dealkylation sites (tertiary alicyclic amines) is 1. The van der Waals surface area contributed by atoms with Crippen LogP contribution in [0.5, 0.6) is 0 Å². The van der Waals surface area contributed by atoms with Gasteiger partial charge in [-0.25, -0.2) is 0 Å². The number of piperidine rings is 1. The van der Waals surface area contributed by atoms with Gasteiger partial charge in [0.05, 0.1) is 5.69 Å². The maximum atomic E-state index is 4.71. The molecule has 2 rings (SSSR count). The van der Waals surface area contributed by atoms with Gasteiger partial charge >= 0.3 is 0 Å². The SMILES string of the molecule is CCC(C)n1ccc(CN2CCCC(CCBr)C2)n1. The normalized spacial score (nSPS) is 22.6. The van der Waals surface area contributed by atoms with E-state index in [0.29, 0.717) is 6.04 Å². The number of rotatable bonds is 6. The van der Waals surface area contributed by atoms with Gasteiger partial charge in [-0.1, -0.05) is 22.9 Å². The predicted octanol–water partition coefficient (Wildman–Crippen LogP) is 3.85. The van der Waals surface area contributed by atoms with Crippen LogP contribution in [0.3, 0.4) is 0 Å². The van der Waals surface area contributed by atoms with Crippen LogP contribution in [0.25, 0.3) is 0 Å². The summed E-state index contributed by atoms with van der Waals surface area (Å²) in [7, 11) is 0. The van der Waals surface area contributed by atoms with E-state index in [1.807, 2.05) is 0 Å². The van der Waals surface area contributed by atoms with Crippen molar-refractivity contribution >= 4 is 15.9 Å². The van der Waals surface area contributed by atoms with E-state index in [0.717, 1.165) is 24.2 Å². The van der Waals surface area contributed by atoms with Gasteiger partial charge in [0.1, 0.15) is 0 Å². The Labute approximate surface area is 125 Å². The fraction of sp³-hybridized carbons (Fsp3) is 0.800. The third-order valence-electron chi connectivity index (χ3n) is 4.21. The highest BCUT2D eigenvalue weighted by atomic mass is 79.9. The number of aromatic nitrogens is 2. The molecular formula is C15H26BrN3. The molecule has 0 bridgehead atoms. The molecule has 1 aliphatic rings. The summed E-state index contributed by atoms with van der Waals surface area (Å²) in [6.07, 6.45) is 7.30. The average Bonchev–Trinajstić information content (AvgIpc) is 2.87. The highest BCUT2D eigenvalue weighted by Gasteiger charge is 2.20. The summed E-state index contributed by atoms with van der Waals surface area (Å²) >= 11 is 3.56. The van der Waals surface area contributed by atoms with Crippen molar-refractivity contribution in [2.45, 2.75) is 52.1 Å². The maximum Gasteiger partial charge on any atom is 0.0764 e. The van der Waals surface area contributed by atoms with Gasteiger partial charge in [-0.15, -0.1) is 0 Å². The highest BCUT2D eigenvalue weighted by Crippen LogP contribution is 2.21. The fourth-order valence-corrected chi connectivity index (χ4v) is 3.46. The molecule has 0 N–H and O–H groups in total. The van der Waals surface area contributed by atoms with Crippen molar-refractivity contribution < 1.29 is 0 Å². The largest absolute Gasteiger partial charge is 0.297 e. The Morgan fingerprint density at radius 3 is 3.11 bits per heavy atom. The van der Waals surface area contributed by atoms with E-state index in [1.54, 1.807) is 0 Å². The molecule has 0 amide bonds. The molecule has 3 nitrogen and oxygen atoms in total. The van der Waals surface area contributed by atoms with Crippen LogP contribution < -0.4 is 0 Å². The maximum absolute atomic E-state index is 4.71. The third-order valence-corrected chi connectivity index (χ3v) is 4.67.